The van der Waals surface area contributed by atoms with E-state index in [9.17, 15) is 0 Å². The summed E-state index contributed by atoms with van der Waals surface area (Å²) < 4.78 is 5.84. The highest BCUT2D eigenvalue weighted by Gasteiger charge is 2.26. The number of nitrogens with zero attached hydrogens (tertiary/aromatic N) is 1. The molecule has 2 rings (SSSR count). The predicted molar refractivity (Wildman–Crippen MR) is 67.4 cm³/mol. The standard InChI is InChI=1S/C14H23NO/c1-11-6-7-12(2)13(9-11)10-16-14-5-3-4-8-15-14/h4,8,11-13H,3,5-7,9-10H2,1-2H3. The summed E-state index contributed by atoms with van der Waals surface area (Å²) in [4.78, 5) is 4.27. The molecule has 1 aliphatic carbocycles. The highest BCUT2D eigenvalue weighted by molar-refractivity contribution is 5.77. The molecule has 0 amide bonds. The van der Waals surface area contributed by atoms with Crippen molar-refractivity contribution in [2.45, 2.75) is 46.0 Å². The minimum atomic E-state index is 0.734. The topological polar surface area (TPSA) is 21.6 Å². The van der Waals surface area contributed by atoms with Gasteiger partial charge in [-0.2, -0.15) is 0 Å². The first kappa shape index (κ1) is 11.7. The molecule has 1 saturated carbocycles. The maximum absolute atomic E-state index is 5.84. The van der Waals surface area contributed by atoms with E-state index >= 15 is 0 Å². The molecule has 90 valence electrons. The second-order valence-corrected chi connectivity index (χ2v) is 5.41. The van der Waals surface area contributed by atoms with Crippen LogP contribution in [0.5, 0.6) is 0 Å². The van der Waals surface area contributed by atoms with Crippen molar-refractivity contribution >= 4 is 5.90 Å². The van der Waals surface area contributed by atoms with Gasteiger partial charge in [0.2, 0.25) is 0 Å². The molecule has 0 bridgehead atoms. The summed E-state index contributed by atoms with van der Waals surface area (Å²) in [5.41, 5.74) is 0. The molecule has 0 spiro atoms. The van der Waals surface area contributed by atoms with E-state index in [1.54, 1.807) is 0 Å². The monoisotopic (exact) mass is 221 g/mol. The Morgan fingerprint density at radius 2 is 2.25 bits per heavy atom. The van der Waals surface area contributed by atoms with Gasteiger partial charge in [-0.1, -0.05) is 32.8 Å². The zero-order valence-corrected chi connectivity index (χ0v) is 10.5. The zero-order chi connectivity index (χ0) is 11.4. The minimum absolute atomic E-state index is 0.734. The van der Waals surface area contributed by atoms with Crippen molar-refractivity contribution in [3.8, 4) is 0 Å². The molecular formula is C14H23NO. The van der Waals surface area contributed by atoms with Crippen LogP contribution in [0.2, 0.25) is 0 Å². The number of ether oxygens (including phenoxy) is 1. The van der Waals surface area contributed by atoms with Crippen molar-refractivity contribution < 1.29 is 4.74 Å². The highest BCUT2D eigenvalue weighted by atomic mass is 16.5. The fourth-order valence-corrected chi connectivity index (χ4v) is 2.68. The van der Waals surface area contributed by atoms with Crippen LogP contribution in [0.15, 0.2) is 17.3 Å². The quantitative estimate of drug-likeness (QED) is 0.695. The fraction of sp³-hybridized carbons (Fsp3) is 0.786. The van der Waals surface area contributed by atoms with Crippen LogP contribution in [0.4, 0.5) is 0 Å². The molecule has 0 aromatic heterocycles. The lowest BCUT2D eigenvalue weighted by molar-refractivity contribution is 0.124. The van der Waals surface area contributed by atoms with Crippen LogP contribution in [0, 0.1) is 17.8 Å². The SMILES string of the molecule is CC1CCC(C)C(COC2=NC=CCC2)C1. The van der Waals surface area contributed by atoms with Gasteiger partial charge in [0.15, 0.2) is 5.90 Å². The first-order valence-electron chi connectivity index (χ1n) is 6.60. The Hall–Kier alpha value is -0.790. The van der Waals surface area contributed by atoms with Gasteiger partial charge in [0, 0.05) is 12.6 Å². The van der Waals surface area contributed by atoms with Gasteiger partial charge in [-0.05, 0) is 30.6 Å². The van der Waals surface area contributed by atoms with Crippen molar-refractivity contribution in [1.82, 2.24) is 0 Å². The molecule has 0 N–H and O–H groups in total. The Balaban J connectivity index is 1.79. The summed E-state index contributed by atoms with van der Waals surface area (Å²) in [6, 6.07) is 0. The Bertz CT molecular complexity index is 282. The van der Waals surface area contributed by atoms with E-state index < -0.39 is 0 Å². The van der Waals surface area contributed by atoms with E-state index in [0.717, 1.165) is 43.1 Å². The third kappa shape index (κ3) is 3.10. The van der Waals surface area contributed by atoms with Gasteiger partial charge in [-0.15, -0.1) is 0 Å². The fourth-order valence-electron chi connectivity index (χ4n) is 2.68. The molecule has 3 atom stereocenters. The average molecular weight is 221 g/mol. The van der Waals surface area contributed by atoms with Crippen molar-refractivity contribution in [2.24, 2.45) is 22.7 Å². The van der Waals surface area contributed by atoms with Crippen LogP contribution in [0.25, 0.3) is 0 Å². The smallest absolute Gasteiger partial charge is 0.188 e. The molecule has 0 saturated heterocycles. The Kier molecular flexibility index (Phi) is 4.03. The second kappa shape index (κ2) is 5.51. The molecule has 1 heterocycles. The van der Waals surface area contributed by atoms with Gasteiger partial charge < -0.3 is 4.74 Å². The number of allylic oxidation sites excluding steroid dienone is 1. The van der Waals surface area contributed by atoms with Gasteiger partial charge >= 0.3 is 0 Å². The molecule has 16 heavy (non-hydrogen) atoms. The van der Waals surface area contributed by atoms with Crippen LogP contribution < -0.4 is 0 Å². The van der Waals surface area contributed by atoms with Crippen LogP contribution in [-0.4, -0.2) is 12.5 Å². The van der Waals surface area contributed by atoms with E-state index in [1.165, 1.54) is 19.3 Å². The van der Waals surface area contributed by atoms with Gasteiger partial charge in [-0.25, -0.2) is 4.99 Å². The lowest BCUT2D eigenvalue weighted by atomic mass is 9.76. The summed E-state index contributed by atoms with van der Waals surface area (Å²) in [6.07, 6.45) is 10.1. The summed E-state index contributed by atoms with van der Waals surface area (Å²) in [5, 5.41) is 0. The maximum atomic E-state index is 5.84. The van der Waals surface area contributed by atoms with Crippen molar-refractivity contribution in [3.05, 3.63) is 12.3 Å². The summed E-state index contributed by atoms with van der Waals surface area (Å²) in [5.74, 6) is 3.36. The molecule has 0 aromatic carbocycles. The summed E-state index contributed by atoms with van der Waals surface area (Å²) in [6.45, 7) is 5.60. The van der Waals surface area contributed by atoms with Crippen LogP contribution >= 0.6 is 0 Å². The molecule has 2 heteroatoms. The molecule has 2 nitrogen and oxygen atoms in total. The Morgan fingerprint density at radius 3 is 3.00 bits per heavy atom. The number of aliphatic imine (C=N–C) groups is 1. The largest absolute Gasteiger partial charge is 0.480 e. The van der Waals surface area contributed by atoms with E-state index in [-0.39, 0.29) is 0 Å². The van der Waals surface area contributed by atoms with E-state index in [1.807, 2.05) is 6.20 Å². The van der Waals surface area contributed by atoms with Crippen molar-refractivity contribution in [1.29, 1.82) is 0 Å². The lowest BCUT2D eigenvalue weighted by Gasteiger charge is -2.32. The predicted octanol–water partition coefficient (Wildman–Crippen LogP) is 3.78. The van der Waals surface area contributed by atoms with Crippen LogP contribution in [0.1, 0.15) is 46.0 Å². The molecule has 3 unspecified atom stereocenters. The maximum Gasteiger partial charge on any atom is 0.188 e. The van der Waals surface area contributed by atoms with E-state index in [0.29, 0.717) is 0 Å². The number of hydrogen-bond acceptors (Lipinski definition) is 2. The number of rotatable bonds is 2. The van der Waals surface area contributed by atoms with Crippen molar-refractivity contribution in [3.63, 3.8) is 0 Å². The molecular weight excluding hydrogens is 198 g/mol. The second-order valence-electron chi connectivity index (χ2n) is 5.41. The average Bonchev–Trinajstić information content (AvgIpc) is 2.32. The third-order valence-corrected chi connectivity index (χ3v) is 3.94. The van der Waals surface area contributed by atoms with Gasteiger partial charge in [-0.3, -0.25) is 0 Å². The molecule has 2 aliphatic rings. The third-order valence-electron chi connectivity index (χ3n) is 3.94. The Labute approximate surface area is 98.8 Å². The molecule has 1 aliphatic heterocycles. The zero-order valence-electron chi connectivity index (χ0n) is 10.5. The first-order chi connectivity index (χ1) is 7.75. The van der Waals surface area contributed by atoms with Gasteiger partial charge in [0.25, 0.3) is 0 Å². The van der Waals surface area contributed by atoms with Crippen molar-refractivity contribution in [2.75, 3.05) is 6.61 Å². The highest BCUT2D eigenvalue weighted by Crippen LogP contribution is 2.33. The Morgan fingerprint density at radius 1 is 1.38 bits per heavy atom. The van der Waals surface area contributed by atoms with Crippen LogP contribution in [-0.2, 0) is 4.74 Å². The summed E-state index contributed by atoms with van der Waals surface area (Å²) in [7, 11) is 0. The van der Waals surface area contributed by atoms with Gasteiger partial charge in [0.1, 0.15) is 0 Å². The molecule has 0 radical (unpaired) electrons. The van der Waals surface area contributed by atoms with Crippen LogP contribution in [0.3, 0.4) is 0 Å². The number of hydrogen-bond donors (Lipinski definition) is 0. The van der Waals surface area contributed by atoms with Gasteiger partial charge in [0.05, 0.1) is 6.61 Å². The molecule has 1 fully saturated rings. The van der Waals surface area contributed by atoms with E-state index in [2.05, 4.69) is 24.9 Å². The normalized spacial score (nSPS) is 34.6. The van der Waals surface area contributed by atoms with E-state index in [4.69, 9.17) is 4.74 Å². The lowest BCUT2D eigenvalue weighted by Crippen LogP contribution is -2.27. The molecule has 0 aromatic rings. The minimum Gasteiger partial charge on any atom is -0.480 e. The summed E-state index contributed by atoms with van der Waals surface area (Å²) >= 11 is 0. The first-order valence-corrected chi connectivity index (χ1v) is 6.60.